The molecule has 0 saturated heterocycles. The first-order valence-electron chi connectivity index (χ1n) is 8.45. The molecule has 1 atom stereocenters. The molecule has 1 aliphatic heterocycles. The number of anilines is 1. The van der Waals surface area contributed by atoms with Gasteiger partial charge < -0.3 is 14.8 Å². The van der Waals surface area contributed by atoms with Crippen LogP contribution >= 0.6 is 11.6 Å². The Kier molecular flexibility index (Phi) is 4.49. The monoisotopic (exact) mass is 383 g/mol. The van der Waals surface area contributed by atoms with Crippen molar-refractivity contribution >= 4 is 23.3 Å². The third-order valence-corrected chi connectivity index (χ3v) is 4.91. The number of carbonyl (C=O) groups is 1. The van der Waals surface area contributed by atoms with Crippen LogP contribution in [0.15, 0.2) is 48.8 Å². The third kappa shape index (κ3) is 3.13. The van der Waals surface area contributed by atoms with Crippen molar-refractivity contribution in [1.29, 1.82) is 0 Å². The van der Waals surface area contributed by atoms with Crippen LogP contribution in [0.1, 0.15) is 23.6 Å². The summed E-state index contributed by atoms with van der Waals surface area (Å²) in [4.78, 5) is 17.0. The maximum atomic E-state index is 12.4. The van der Waals surface area contributed by atoms with Gasteiger partial charge in [0.1, 0.15) is 23.6 Å². The minimum atomic E-state index is -0.155. The van der Waals surface area contributed by atoms with Gasteiger partial charge in [-0.25, -0.2) is 4.98 Å². The first-order chi connectivity index (χ1) is 13.1. The zero-order valence-electron chi connectivity index (χ0n) is 14.9. The zero-order chi connectivity index (χ0) is 19.0. The van der Waals surface area contributed by atoms with Crippen LogP contribution in [0.3, 0.4) is 0 Å². The highest BCUT2D eigenvalue weighted by Gasteiger charge is 2.31. The van der Waals surface area contributed by atoms with E-state index in [4.69, 9.17) is 21.1 Å². The molecule has 7 heteroatoms. The second-order valence-electron chi connectivity index (χ2n) is 6.25. The van der Waals surface area contributed by atoms with Gasteiger partial charge in [0, 0.05) is 23.4 Å². The summed E-state index contributed by atoms with van der Waals surface area (Å²) in [6.07, 6.45) is 2.02. The van der Waals surface area contributed by atoms with E-state index in [1.54, 1.807) is 26.6 Å². The molecular weight excluding hydrogens is 366 g/mol. The SMILES string of the molecule is COc1ccc(-n2cnc3c2NC(=O)C[C@H]3c2cccc(Cl)c2)c(OC)c1. The van der Waals surface area contributed by atoms with Gasteiger partial charge in [0.2, 0.25) is 5.91 Å². The molecule has 4 rings (SSSR count). The number of imidazole rings is 1. The number of aromatic nitrogens is 2. The molecule has 1 aliphatic rings. The molecule has 1 aromatic heterocycles. The molecular formula is C20H18ClN3O3. The number of methoxy groups -OCH3 is 2. The molecule has 138 valence electrons. The fraction of sp³-hybridized carbons (Fsp3) is 0.200. The molecule has 27 heavy (non-hydrogen) atoms. The van der Waals surface area contributed by atoms with Gasteiger partial charge in [0.15, 0.2) is 0 Å². The molecule has 2 aromatic carbocycles. The van der Waals surface area contributed by atoms with Crippen LogP contribution in [0.5, 0.6) is 11.5 Å². The van der Waals surface area contributed by atoms with E-state index in [2.05, 4.69) is 10.3 Å². The van der Waals surface area contributed by atoms with Crippen molar-refractivity contribution in [3.05, 3.63) is 65.1 Å². The van der Waals surface area contributed by atoms with Gasteiger partial charge in [-0.1, -0.05) is 23.7 Å². The Hall–Kier alpha value is -2.99. The normalized spacial score (nSPS) is 15.8. The number of fused-ring (bicyclic) bond motifs is 1. The lowest BCUT2D eigenvalue weighted by Crippen LogP contribution is -2.25. The average molecular weight is 384 g/mol. The summed E-state index contributed by atoms with van der Waals surface area (Å²) in [7, 11) is 3.19. The Balaban J connectivity index is 1.83. The number of hydrogen-bond acceptors (Lipinski definition) is 4. The fourth-order valence-corrected chi connectivity index (χ4v) is 3.57. The summed E-state index contributed by atoms with van der Waals surface area (Å²) < 4.78 is 12.6. The Morgan fingerprint density at radius 2 is 2.04 bits per heavy atom. The first kappa shape index (κ1) is 17.4. The Labute approximate surface area is 161 Å². The van der Waals surface area contributed by atoms with Crippen molar-refractivity contribution in [2.75, 3.05) is 19.5 Å². The van der Waals surface area contributed by atoms with Crippen LogP contribution in [0.25, 0.3) is 5.69 Å². The number of halogens is 1. The molecule has 2 heterocycles. The second kappa shape index (κ2) is 6.96. The minimum absolute atomic E-state index is 0.0679. The van der Waals surface area contributed by atoms with E-state index in [1.807, 2.05) is 41.0 Å². The van der Waals surface area contributed by atoms with E-state index < -0.39 is 0 Å². The highest BCUT2D eigenvalue weighted by Crippen LogP contribution is 2.39. The smallest absolute Gasteiger partial charge is 0.226 e. The number of hydrogen-bond donors (Lipinski definition) is 1. The van der Waals surface area contributed by atoms with E-state index in [0.717, 1.165) is 16.9 Å². The molecule has 0 unspecified atom stereocenters. The van der Waals surface area contributed by atoms with Crippen LogP contribution in [0, 0.1) is 0 Å². The van der Waals surface area contributed by atoms with Crippen molar-refractivity contribution in [3.8, 4) is 17.2 Å². The van der Waals surface area contributed by atoms with Crippen molar-refractivity contribution < 1.29 is 14.3 Å². The molecule has 0 bridgehead atoms. The van der Waals surface area contributed by atoms with E-state index >= 15 is 0 Å². The highest BCUT2D eigenvalue weighted by molar-refractivity contribution is 6.30. The third-order valence-electron chi connectivity index (χ3n) is 4.67. The van der Waals surface area contributed by atoms with E-state index in [0.29, 0.717) is 28.8 Å². The lowest BCUT2D eigenvalue weighted by molar-refractivity contribution is -0.116. The molecule has 0 radical (unpaired) electrons. The van der Waals surface area contributed by atoms with Gasteiger partial charge in [0.25, 0.3) is 0 Å². The predicted molar refractivity (Wildman–Crippen MR) is 103 cm³/mol. The van der Waals surface area contributed by atoms with E-state index in [-0.39, 0.29) is 11.8 Å². The van der Waals surface area contributed by atoms with Gasteiger partial charge in [0.05, 0.1) is 25.6 Å². The van der Waals surface area contributed by atoms with Crippen LogP contribution < -0.4 is 14.8 Å². The Morgan fingerprint density at radius 3 is 2.78 bits per heavy atom. The predicted octanol–water partition coefficient (Wildman–Crippen LogP) is 4.02. The molecule has 0 aliphatic carbocycles. The number of benzene rings is 2. The van der Waals surface area contributed by atoms with Gasteiger partial charge in [-0.3, -0.25) is 9.36 Å². The van der Waals surface area contributed by atoms with Crippen LogP contribution in [-0.2, 0) is 4.79 Å². The summed E-state index contributed by atoms with van der Waals surface area (Å²) in [5, 5.41) is 3.58. The number of carbonyl (C=O) groups excluding carboxylic acids is 1. The zero-order valence-corrected chi connectivity index (χ0v) is 15.7. The van der Waals surface area contributed by atoms with Crippen LogP contribution in [-0.4, -0.2) is 29.7 Å². The maximum Gasteiger partial charge on any atom is 0.226 e. The molecule has 3 aromatic rings. The minimum Gasteiger partial charge on any atom is -0.497 e. The fourth-order valence-electron chi connectivity index (χ4n) is 3.37. The number of rotatable bonds is 4. The van der Waals surface area contributed by atoms with E-state index in [1.165, 1.54) is 0 Å². The Morgan fingerprint density at radius 1 is 1.19 bits per heavy atom. The van der Waals surface area contributed by atoms with Crippen molar-refractivity contribution in [1.82, 2.24) is 9.55 Å². The molecule has 0 fully saturated rings. The quantitative estimate of drug-likeness (QED) is 0.739. The van der Waals surface area contributed by atoms with Gasteiger partial charge in [-0.05, 0) is 29.8 Å². The van der Waals surface area contributed by atoms with Crippen molar-refractivity contribution in [3.63, 3.8) is 0 Å². The van der Waals surface area contributed by atoms with Crippen LogP contribution in [0.4, 0.5) is 5.82 Å². The standard InChI is InChI=1S/C20H18ClN3O3/c1-26-14-6-7-16(17(9-14)27-2)24-11-22-19-15(10-18(25)23-20(19)24)12-4-3-5-13(21)8-12/h3-9,11,15H,10H2,1-2H3,(H,23,25)/t15-/m0/s1. The average Bonchev–Trinajstić information content (AvgIpc) is 3.10. The molecule has 0 spiro atoms. The molecule has 6 nitrogen and oxygen atoms in total. The second-order valence-corrected chi connectivity index (χ2v) is 6.68. The molecule has 1 amide bonds. The van der Waals surface area contributed by atoms with Gasteiger partial charge >= 0.3 is 0 Å². The summed E-state index contributed by atoms with van der Waals surface area (Å²) in [6.45, 7) is 0. The Bertz CT molecular complexity index is 1020. The number of ether oxygens (including phenoxy) is 2. The highest BCUT2D eigenvalue weighted by atomic mass is 35.5. The topological polar surface area (TPSA) is 65.4 Å². The number of amides is 1. The summed E-state index contributed by atoms with van der Waals surface area (Å²) >= 11 is 6.14. The summed E-state index contributed by atoms with van der Waals surface area (Å²) in [5.41, 5.74) is 2.53. The number of nitrogens with one attached hydrogen (secondary N) is 1. The lowest BCUT2D eigenvalue weighted by Gasteiger charge is -2.24. The first-order valence-corrected chi connectivity index (χ1v) is 8.83. The summed E-state index contributed by atoms with van der Waals surface area (Å²) in [6, 6.07) is 13.0. The lowest BCUT2D eigenvalue weighted by atomic mass is 9.90. The summed E-state index contributed by atoms with van der Waals surface area (Å²) in [5.74, 6) is 1.72. The molecule has 0 saturated carbocycles. The molecule has 1 N–H and O–H groups in total. The van der Waals surface area contributed by atoms with Gasteiger partial charge in [-0.2, -0.15) is 0 Å². The maximum absolute atomic E-state index is 12.4. The van der Waals surface area contributed by atoms with Crippen LogP contribution in [0.2, 0.25) is 5.02 Å². The van der Waals surface area contributed by atoms with Crippen molar-refractivity contribution in [2.45, 2.75) is 12.3 Å². The largest absolute Gasteiger partial charge is 0.497 e. The van der Waals surface area contributed by atoms with Gasteiger partial charge in [-0.15, -0.1) is 0 Å². The van der Waals surface area contributed by atoms with Crippen molar-refractivity contribution in [2.24, 2.45) is 0 Å². The van der Waals surface area contributed by atoms with E-state index in [9.17, 15) is 4.79 Å². The number of nitrogens with zero attached hydrogens (tertiary/aromatic N) is 2.